The molecule has 0 aromatic carbocycles. The van der Waals surface area contributed by atoms with E-state index >= 15 is 0 Å². The first-order valence-electron chi connectivity index (χ1n) is 5.11. The maximum Gasteiger partial charge on any atom is 0.328 e. The lowest BCUT2D eigenvalue weighted by atomic mass is 10.2. The Morgan fingerprint density at radius 2 is 2.44 bits per heavy atom. The van der Waals surface area contributed by atoms with Gasteiger partial charge in [-0.1, -0.05) is 0 Å². The summed E-state index contributed by atoms with van der Waals surface area (Å²) >= 11 is 0. The van der Waals surface area contributed by atoms with Crippen molar-refractivity contribution < 1.29 is 14.3 Å². The zero-order valence-corrected chi connectivity index (χ0v) is 8.97. The highest BCUT2D eigenvalue weighted by Gasteiger charge is 2.35. The average Bonchev–Trinajstić information content (AvgIpc) is 2.97. The van der Waals surface area contributed by atoms with Gasteiger partial charge < -0.3 is 9.64 Å². The summed E-state index contributed by atoms with van der Waals surface area (Å²) in [4.78, 5) is 25.0. The van der Waals surface area contributed by atoms with Crippen LogP contribution in [0.25, 0.3) is 0 Å². The lowest BCUT2D eigenvalue weighted by Gasteiger charge is -2.21. The lowest BCUT2D eigenvalue weighted by molar-refractivity contribution is -0.145. The number of carbonyl (C=O) groups is 2. The van der Waals surface area contributed by atoms with Gasteiger partial charge in [-0.3, -0.25) is 9.89 Å². The number of carbonyl (C=O) groups excluding carboxylic acids is 2. The number of H-pyrrole nitrogens is 1. The van der Waals surface area contributed by atoms with E-state index in [1.54, 1.807) is 0 Å². The van der Waals surface area contributed by atoms with E-state index in [-0.39, 0.29) is 11.9 Å². The Bertz CT molecular complexity index is 388. The van der Waals surface area contributed by atoms with Crippen molar-refractivity contribution in [1.82, 2.24) is 15.1 Å². The topological polar surface area (TPSA) is 75.3 Å². The number of nitrogens with zero attached hydrogens (tertiary/aromatic N) is 2. The predicted octanol–water partition coefficient (Wildman–Crippen LogP) is 0.187. The minimum absolute atomic E-state index is 0.179. The largest absolute Gasteiger partial charge is 0.467 e. The molecule has 86 valence electrons. The van der Waals surface area contributed by atoms with E-state index in [2.05, 4.69) is 14.9 Å². The number of likely N-dealkylation sites (tertiary alicyclic amines) is 1. The number of rotatable bonds is 2. The second-order valence-electron chi connectivity index (χ2n) is 3.67. The quantitative estimate of drug-likeness (QED) is 0.726. The molecule has 1 aromatic rings. The maximum absolute atomic E-state index is 12.0. The predicted molar refractivity (Wildman–Crippen MR) is 54.7 cm³/mol. The fourth-order valence-electron chi connectivity index (χ4n) is 1.92. The summed E-state index contributed by atoms with van der Waals surface area (Å²) in [5, 5.41) is 6.29. The molecule has 1 atom stereocenters. The second-order valence-corrected chi connectivity index (χ2v) is 3.67. The fraction of sp³-hybridized carbons (Fsp3) is 0.500. The summed E-state index contributed by atoms with van der Waals surface area (Å²) in [5.41, 5.74) is 0.468. The molecule has 0 saturated carbocycles. The highest BCUT2D eigenvalue weighted by Crippen LogP contribution is 2.20. The first-order valence-corrected chi connectivity index (χ1v) is 5.11. The van der Waals surface area contributed by atoms with Gasteiger partial charge in [-0.2, -0.15) is 5.10 Å². The number of ether oxygens (including phenoxy) is 1. The molecule has 16 heavy (non-hydrogen) atoms. The minimum atomic E-state index is -0.451. The Hall–Kier alpha value is -1.85. The van der Waals surface area contributed by atoms with Gasteiger partial charge in [-0.05, 0) is 12.8 Å². The van der Waals surface area contributed by atoms with Crippen LogP contribution in [0.3, 0.4) is 0 Å². The van der Waals surface area contributed by atoms with Crippen molar-refractivity contribution in [2.45, 2.75) is 18.9 Å². The van der Waals surface area contributed by atoms with Crippen molar-refractivity contribution in [3.8, 4) is 0 Å². The summed E-state index contributed by atoms with van der Waals surface area (Å²) in [7, 11) is 1.33. The van der Waals surface area contributed by atoms with E-state index in [4.69, 9.17) is 0 Å². The van der Waals surface area contributed by atoms with E-state index in [0.29, 0.717) is 18.5 Å². The van der Waals surface area contributed by atoms with Gasteiger partial charge in [-0.25, -0.2) is 4.79 Å². The zero-order valence-electron chi connectivity index (χ0n) is 8.97. The van der Waals surface area contributed by atoms with Crippen LogP contribution in [0.5, 0.6) is 0 Å². The number of nitrogens with one attached hydrogen (secondary N) is 1. The Morgan fingerprint density at radius 1 is 1.62 bits per heavy atom. The first kappa shape index (κ1) is 10.7. The number of hydrogen-bond acceptors (Lipinski definition) is 4. The SMILES string of the molecule is COC(=O)C1CCCN1C(=O)c1cn[nH]c1. The van der Waals surface area contributed by atoms with Crippen LogP contribution in [0.4, 0.5) is 0 Å². The maximum atomic E-state index is 12.0. The molecule has 1 fully saturated rings. The molecule has 1 unspecified atom stereocenters. The van der Waals surface area contributed by atoms with Gasteiger partial charge in [0.2, 0.25) is 0 Å². The molecule has 1 aliphatic rings. The Balaban J connectivity index is 2.14. The third kappa shape index (κ3) is 1.78. The average molecular weight is 223 g/mol. The van der Waals surface area contributed by atoms with Crippen molar-refractivity contribution in [2.75, 3.05) is 13.7 Å². The van der Waals surface area contributed by atoms with Crippen LogP contribution in [0.15, 0.2) is 12.4 Å². The highest BCUT2D eigenvalue weighted by molar-refractivity contribution is 5.96. The number of hydrogen-bond donors (Lipinski definition) is 1. The third-order valence-corrected chi connectivity index (χ3v) is 2.73. The van der Waals surface area contributed by atoms with Crippen molar-refractivity contribution in [3.05, 3.63) is 18.0 Å². The number of aromatic amines is 1. The summed E-state index contributed by atoms with van der Waals surface area (Å²) in [6.45, 7) is 0.587. The van der Waals surface area contributed by atoms with E-state index in [1.807, 2.05) is 0 Å². The van der Waals surface area contributed by atoms with E-state index < -0.39 is 6.04 Å². The lowest BCUT2D eigenvalue weighted by Crippen LogP contribution is -2.40. The van der Waals surface area contributed by atoms with Crippen LogP contribution in [-0.2, 0) is 9.53 Å². The van der Waals surface area contributed by atoms with E-state index in [1.165, 1.54) is 24.4 Å². The number of amides is 1. The summed E-state index contributed by atoms with van der Waals surface area (Å²) < 4.78 is 4.68. The van der Waals surface area contributed by atoms with E-state index in [9.17, 15) is 9.59 Å². The van der Waals surface area contributed by atoms with Crippen LogP contribution in [0, 0.1) is 0 Å². The van der Waals surface area contributed by atoms with Gasteiger partial charge in [-0.15, -0.1) is 0 Å². The normalized spacial score (nSPS) is 19.8. The molecule has 0 aliphatic carbocycles. The minimum Gasteiger partial charge on any atom is -0.467 e. The standard InChI is InChI=1S/C10H13N3O3/c1-16-10(15)8-3-2-4-13(8)9(14)7-5-11-12-6-7/h5-6,8H,2-4H2,1H3,(H,11,12). The molecule has 0 bridgehead atoms. The molecule has 1 aliphatic heterocycles. The molecule has 2 heterocycles. The number of aromatic nitrogens is 2. The van der Waals surface area contributed by atoms with Crippen molar-refractivity contribution >= 4 is 11.9 Å². The van der Waals surface area contributed by atoms with Crippen molar-refractivity contribution in [1.29, 1.82) is 0 Å². The molecule has 1 saturated heterocycles. The van der Waals surface area contributed by atoms with Crippen LogP contribution >= 0.6 is 0 Å². The zero-order chi connectivity index (χ0) is 11.5. The second kappa shape index (κ2) is 4.34. The molecule has 1 N–H and O–H groups in total. The monoisotopic (exact) mass is 223 g/mol. The highest BCUT2D eigenvalue weighted by atomic mass is 16.5. The van der Waals surface area contributed by atoms with Gasteiger partial charge in [0.25, 0.3) is 5.91 Å². The molecule has 6 heteroatoms. The smallest absolute Gasteiger partial charge is 0.328 e. The molecule has 0 spiro atoms. The van der Waals surface area contributed by atoms with Crippen molar-refractivity contribution in [3.63, 3.8) is 0 Å². The van der Waals surface area contributed by atoms with E-state index in [0.717, 1.165) is 6.42 Å². The Morgan fingerprint density at radius 3 is 3.06 bits per heavy atom. The summed E-state index contributed by atoms with van der Waals surface area (Å²) in [6, 6.07) is -0.451. The molecular formula is C10H13N3O3. The summed E-state index contributed by atoms with van der Waals surface area (Å²) in [5.74, 6) is -0.531. The molecule has 0 radical (unpaired) electrons. The van der Waals surface area contributed by atoms with Gasteiger partial charge in [0, 0.05) is 12.7 Å². The molecule has 2 rings (SSSR count). The first-order chi connectivity index (χ1) is 7.74. The van der Waals surface area contributed by atoms with Gasteiger partial charge in [0.05, 0.1) is 18.9 Å². The summed E-state index contributed by atoms with van der Waals surface area (Å²) in [6.07, 6.45) is 4.46. The van der Waals surface area contributed by atoms with Crippen LogP contribution in [0.2, 0.25) is 0 Å². The molecule has 1 amide bonds. The Labute approximate surface area is 92.6 Å². The third-order valence-electron chi connectivity index (χ3n) is 2.73. The number of methoxy groups -OCH3 is 1. The number of esters is 1. The van der Waals surface area contributed by atoms with Crippen LogP contribution < -0.4 is 0 Å². The fourth-order valence-corrected chi connectivity index (χ4v) is 1.92. The molecular weight excluding hydrogens is 210 g/mol. The Kier molecular flexibility index (Phi) is 2.89. The van der Waals surface area contributed by atoms with Crippen molar-refractivity contribution in [2.24, 2.45) is 0 Å². The van der Waals surface area contributed by atoms with Crippen LogP contribution in [0.1, 0.15) is 23.2 Å². The van der Waals surface area contributed by atoms with Gasteiger partial charge in [0.15, 0.2) is 0 Å². The van der Waals surface area contributed by atoms with Gasteiger partial charge >= 0.3 is 5.97 Å². The molecule has 1 aromatic heterocycles. The van der Waals surface area contributed by atoms with Gasteiger partial charge in [0.1, 0.15) is 6.04 Å². The molecule has 6 nitrogen and oxygen atoms in total. The van der Waals surface area contributed by atoms with Crippen LogP contribution in [-0.4, -0.2) is 46.7 Å².